The average molecular weight is 277 g/mol. The standard InChI is InChI=1S/C11H11N5S2/c1-6-13-11(18-16-6)17-5-10-14-8-3-2-7(12)4-9(8)15-10/h2-4H,5,12H2,1H3,(H,14,15). The van der Waals surface area contributed by atoms with E-state index in [-0.39, 0.29) is 0 Å². The molecule has 0 spiro atoms. The number of nitrogen functional groups attached to an aromatic ring is 1. The lowest BCUT2D eigenvalue weighted by Crippen LogP contribution is -1.83. The second-order valence-electron chi connectivity index (χ2n) is 3.86. The Balaban J connectivity index is 1.78. The van der Waals surface area contributed by atoms with Gasteiger partial charge in [-0.2, -0.15) is 4.37 Å². The summed E-state index contributed by atoms with van der Waals surface area (Å²) in [6, 6.07) is 5.67. The minimum atomic E-state index is 0.741. The van der Waals surface area contributed by atoms with E-state index >= 15 is 0 Å². The molecule has 0 saturated carbocycles. The number of thioether (sulfide) groups is 1. The summed E-state index contributed by atoms with van der Waals surface area (Å²) in [5, 5.41) is 0. The molecule has 0 radical (unpaired) electrons. The van der Waals surface area contributed by atoms with E-state index in [2.05, 4.69) is 19.3 Å². The van der Waals surface area contributed by atoms with E-state index in [0.717, 1.165) is 38.5 Å². The number of aromatic amines is 1. The quantitative estimate of drug-likeness (QED) is 0.568. The van der Waals surface area contributed by atoms with Crippen LogP contribution in [0.4, 0.5) is 5.69 Å². The molecule has 0 unspecified atom stereocenters. The van der Waals surface area contributed by atoms with Crippen molar-refractivity contribution in [2.75, 3.05) is 5.73 Å². The van der Waals surface area contributed by atoms with E-state index < -0.39 is 0 Å². The van der Waals surface area contributed by atoms with Crippen LogP contribution in [-0.2, 0) is 5.75 Å². The summed E-state index contributed by atoms with van der Waals surface area (Å²) in [5.74, 6) is 2.50. The number of rotatable bonds is 3. The van der Waals surface area contributed by atoms with Gasteiger partial charge in [-0.25, -0.2) is 9.97 Å². The van der Waals surface area contributed by atoms with Crippen LogP contribution >= 0.6 is 23.3 Å². The van der Waals surface area contributed by atoms with Crippen LogP contribution in [0.3, 0.4) is 0 Å². The molecule has 2 aromatic heterocycles. The third-order valence-electron chi connectivity index (χ3n) is 2.40. The zero-order valence-electron chi connectivity index (χ0n) is 9.67. The molecule has 0 saturated heterocycles. The van der Waals surface area contributed by atoms with Gasteiger partial charge in [-0.1, -0.05) is 11.8 Å². The third kappa shape index (κ3) is 2.32. The molecule has 0 atom stereocenters. The molecule has 0 aliphatic heterocycles. The molecular weight excluding hydrogens is 266 g/mol. The van der Waals surface area contributed by atoms with E-state index in [4.69, 9.17) is 5.73 Å². The van der Waals surface area contributed by atoms with Crippen LogP contribution in [0.5, 0.6) is 0 Å². The molecule has 3 aromatic rings. The number of fused-ring (bicyclic) bond motifs is 1. The average Bonchev–Trinajstić information content (AvgIpc) is 2.92. The lowest BCUT2D eigenvalue weighted by molar-refractivity contribution is 1.09. The maximum Gasteiger partial charge on any atom is 0.170 e. The molecule has 0 amide bonds. The van der Waals surface area contributed by atoms with Gasteiger partial charge in [-0.05, 0) is 36.7 Å². The van der Waals surface area contributed by atoms with E-state index in [9.17, 15) is 0 Å². The highest BCUT2D eigenvalue weighted by Gasteiger charge is 2.06. The van der Waals surface area contributed by atoms with E-state index in [1.54, 1.807) is 11.8 Å². The molecule has 0 aliphatic carbocycles. The Kier molecular flexibility index (Phi) is 2.92. The number of nitrogens with two attached hydrogens (primary N) is 1. The van der Waals surface area contributed by atoms with Gasteiger partial charge in [-0.3, -0.25) is 0 Å². The Hall–Kier alpha value is -1.60. The number of imidazole rings is 1. The number of hydrogen-bond acceptors (Lipinski definition) is 6. The summed E-state index contributed by atoms with van der Waals surface area (Å²) in [6.07, 6.45) is 0. The fourth-order valence-electron chi connectivity index (χ4n) is 1.62. The summed E-state index contributed by atoms with van der Waals surface area (Å²) < 4.78 is 5.11. The number of hydrogen-bond donors (Lipinski definition) is 2. The molecule has 3 N–H and O–H groups in total. The zero-order chi connectivity index (χ0) is 12.5. The van der Waals surface area contributed by atoms with Crippen LogP contribution in [0.25, 0.3) is 11.0 Å². The van der Waals surface area contributed by atoms with Gasteiger partial charge in [0.2, 0.25) is 0 Å². The van der Waals surface area contributed by atoms with Gasteiger partial charge in [0.1, 0.15) is 11.6 Å². The van der Waals surface area contributed by atoms with Gasteiger partial charge >= 0.3 is 0 Å². The normalized spacial score (nSPS) is 11.2. The largest absolute Gasteiger partial charge is 0.399 e. The molecule has 3 rings (SSSR count). The highest BCUT2D eigenvalue weighted by Crippen LogP contribution is 2.24. The van der Waals surface area contributed by atoms with Crippen LogP contribution in [0.15, 0.2) is 22.5 Å². The summed E-state index contributed by atoms with van der Waals surface area (Å²) in [6.45, 7) is 1.89. The number of aryl methyl sites for hydroxylation is 1. The predicted molar refractivity (Wildman–Crippen MR) is 74.7 cm³/mol. The Morgan fingerprint density at radius 1 is 1.39 bits per heavy atom. The Labute approximate surface area is 112 Å². The van der Waals surface area contributed by atoms with Crippen molar-refractivity contribution in [3.05, 3.63) is 29.8 Å². The van der Waals surface area contributed by atoms with Gasteiger partial charge in [0.05, 0.1) is 16.8 Å². The van der Waals surface area contributed by atoms with Crippen LogP contribution in [0.2, 0.25) is 0 Å². The first-order valence-electron chi connectivity index (χ1n) is 5.38. The van der Waals surface area contributed by atoms with Crippen molar-refractivity contribution in [3.8, 4) is 0 Å². The third-order valence-corrected chi connectivity index (χ3v) is 4.33. The summed E-state index contributed by atoms with van der Waals surface area (Å²) in [4.78, 5) is 12.1. The number of nitrogens with one attached hydrogen (secondary N) is 1. The first kappa shape index (κ1) is 11.5. The van der Waals surface area contributed by atoms with Gasteiger partial charge in [0.15, 0.2) is 4.34 Å². The van der Waals surface area contributed by atoms with Crippen molar-refractivity contribution in [3.63, 3.8) is 0 Å². The lowest BCUT2D eigenvalue weighted by Gasteiger charge is -1.91. The summed E-state index contributed by atoms with van der Waals surface area (Å²) in [7, 11) is 0. The number of H-pyrrole nitrogens is 1. The molecular formula is C11H11N5S2. The Morgan fingerprint density at radius 3 is 3.06 bits per heavy atom. The predicted octanol–water partition coefficient (Wildman–Crippen LogP) is 2.60. The summed E-state index contributed by atoms with van der Waals surface area (Å²) >= 11 is 3.05. The highest BCUT2D eigenvalue weighted by atomic mass is 32.2. The van der Waals surface area contributed by atoms with Crippen molar-refractivity contribution in [1.29, 1.82) is 0 Å². The van der Waals surface area contributed by atoms with E-state index in [1.165, 1.54) is 11.5 Å². The molecule has 2 heterocycles. The minimum Gasteiger partial charge on any atom is -0.399 e. The second-order valence-corrected chi connectivity index (χ2v) is 5.83. The number of aromatic nitrogens is 4. The van der Waals surface area contributed by atoms with Gasteiger partial charge in [0.25, 0.3) is 0 Å². The number of anilines is 1. The highest BCUT2D eigenvalue weighted by molar-refractivity contribution is 8.00. The Bertz CT molecular complexity index is 688. The fourth-order valence-corrected chi connectivity index (χ4v) is 3.13. The topological polar surface area (TPSA) is 80.5 Å². The van der Waals surface area contributed by atoms with Crippen LogP contribution < -0.4 is 5.73 Å². The van der Waals surface area contributed by atoms with Crippen LogP contribution in [0.1, 0.15) is 11.6 Å². The molecule has 18 heavy (non-hydrogen) atoms. The molecule has 0 aliphatic rings. The zero-order valence-corrected chi connectivity index (χ0v) is 11.3. The molecule has 1 aromatic carbocycles. The van der Waals surface area contributed by atoms with Gasteiger partial charge < -0.3 is 10.7 Å². The van der Waals surface area contributed by atoms with Crippen molar-refractivity contribution in [2.45, 2.75) is 17.0 Å². The second kappa shape index (κ2) is 4.58. The van der Waals surface area contributed by atoms with Crippen molar-refractivity contribution < 1.29 is 0 Å². The molecule has 5 nitrogen and oxygen atoms in total. The molecule has 92 valence electrons. The Morgan fingerprint density at radius 2 is 2.28 bits per heavy atom. The van der Waals surface area contributed by atoms with Crippen LogP contribution in [-0.4, -0.2) is 19.3 Å². The maximum absolute atomic E-state index is 5.73. The lowest BCUT2D eigenvalue weighted by atomic mass is 10.3. The number of benzene rings is 1. The number of nitrogens with zero attached hydrogens (tertiary/aromatic N) is 3. The monoisotopic (exact) mass is 277 g/mol. The fraction of sp³-hybridized carbons (Fsp3) is 0.182. The van der Waals surface area contributed by atoms with E-state index in [1.807, 2.05) is 25.1 Å². The van der Waals surface area contributed by atoms with E-state index in [0.29, 0.717) is 0 Å². The van der Waals surface area contributed by atoms with Crippen molar-refractivity contribution in [1.82, 2.24) is 19.3 Å². The van der Waals surface area contributed by atoms with Crippen molar-refractivity contribution >= 4 is 40.0 Å². The van der Waals surface area contributed by atoms with Gasteiger partial charge in [-0.15, -0.1) is 0 Å². The summed E-state index contributed by atoms with van der Waals surface area (Å²) in [5.41, 5.74) is 8.38. The molecule has 0 bridgehead atoms. The van der Waals surface area contributed by atoms with Crippen molar-refractivity contribution in [2.24, 2.45) is 0 Å². The van der Waals surface area contributed by atoms with Gasteiger partial charge in [0, 0.05) is 5.69 Å². The molecule has 7 heteroatoms. The smallest absolute Gasteiger partial charge is 0.170 e. The SMILES string of the molecule is Cc1nsc(SCc2nc3ccc(N)cc3[nH]2)n1. The first-order chi connectivity index (χ1) is 8.70. The molecule has 0 fully saturated rings. The first-order valence-corrected chi connectivity index (χ1v) is 7.14. The minimum absolute atomic E-state index is 0.741. The van der Waals surface area contributed by atoms with Crippen LogP contribution in [0, 0.1) is 6.92 Å². The maximum atomic E-state index is 5.73.